The lowest BCUT2D eigenvalue weighted by atomic mass is 9.96. The summed E-state index contributed by atoms with van der Waals surface area (Å²) in [6, 6.07) is 12.2. The predicted molar refractivity (Wildman–Crippen MR) is 101 cm³/mol. The summed E-state index contributed by atoms with van der Waals surface area (Å²) < 4.78 is 46.3. The minimum absolute atomic E-state index is 0.0773. The maximum atomic E-state index is 13.4. The number of aromatic nitrogens is 2. The van der Waals surface area contributed by atoms with Crippen molar-refractivity contribution in [2.45, 2.75) is 25.6 Å². The third kappa shape index (κ3) is 3.83. The summed E-state index contributed by atoms with van der Waals surface area (Å²) in [7, 11) is 0. The van der Waals surface area contributed by atoms with Crippen molar-refractivity contribution in [1.82, 2.24) is 15.5 Å². The molecule has 1 aliphatic rings. The summed E-state index contributed by atoms with van der Waals surface area (Å²) in [4.78, 5) is 12.2. The number of nitrogens with zero attached hydrogens (tertiary/aromatic N) is 1. The van der Waals surface area contributed by atoms with Crippen LogP contribution in [-0.4, -0.2) is 28.8 Å². The fraction of sp³-hybridized carbons (Fsp3) is 0.238. The van der Waals surface area contributed by atoms with Gasteiger partial charge in [0.15, 0.2) is 0 Å². The quantitative estimate of drug-likeness (QED) is 0.691. The van der Waals surface area contributed by atoms with Crippen molar-refractivity contribution in [3.05, 3.63) is 71.0 Å². The van der Waals surface area contributed by atoms with Gasteiger partial charge in [0.1, 0.15) is 17.5 Å². The van der Waals surface area contributed by atoms with Crippen LogP contribution in [0.1, 0.15) is 27.3 Å². The molecule has 2 N–H and O–H groups in total. The van der Waals surface area contributed by atoms with Gasteiger partial charge in [-0.2, -0.15) is 18.3 Å². The summed E-state index contributed by atoms with van der Waals surface area (Å²) in [6.07, 6.45) is -4.34. The van der Waals surface area contributed by atoms with Crippen molar-refractivity contribution in [3.8, 4) is 16.9 Å². The number of alkyl halides is 3. The first-order chi connectivity index (χ1) is 13.8. The Bertz CT molecular complexity index is 1060. The molecule has 2 heterocycles. The topological polar surface area (TPSA) is 67.0 Å². The molecule has 1 aliphatic heterocycles. The highest BCUT2D eigenvalue weighted by molar-refractivity contribution is 5.92. The number of rotatable bonds is 4. The van der Waals surface area contributed by atoms with Crippen molar-refractivity contribution in [1.29, 1.82) is 0 Å². The number of H-pyrrole nitrogens is 1. The smallest absolute Gasteiger partial charge is 0.417 e. The molecule has 1 aromatic heterocycles. The van der Waals surface area contributed by atoms with Crippen LogP contribution in [0.25, 0.3) is 11.1 Å². The molecular formula is C21H18F3N3O2. The second-order valence-corrected chi connectivity index (χ2v) is 6.93. The van der Waals surface area contributed by atoms with Crippen LogP contribution in [0.4, 0.5) is 13.2 Å². The Balaban J connectivity index is 1.54. The molecule has 8 heteroatoms. The number of fused-ring (bicyclic) bond motifs is 1. The first-order valence-corrected chi connectivity index (χ1v) is 9.08. The van der Waals surface area contributed by atoms with Gasteiger partial charge in [0.2, 0.25) is 0 Å². The van der Waals surface area contributed by atoms with Gasteiger partial charge in [-0.1, -0.05) is 36.4 Å². The number of ether oxygens (including phenoxy) is 1. The van der Waals surface area contributed by atoms with Crippen LogP contribution in [0, 0.1) is 6.92 Å². The van der Waals surface area contributed by atoms with E-state index in [-0.39, 0.29) is 29.8 Å². The average molecular weight is 401 g/mol. The van der Waals surface area contributed by atoms with Crippen LogP contribution < -0.4 is 10.1 Å². The second kappa shape index (κ2) is 7.27. The van der Waals surface area contributed by atoms with Gasteiger partial charge in [0.25, 0.3) is 5.91 Å². The second-order valence-electron chi connectivity index (χ2n) is 6.93. The minimum atomic E-state index is -4.47. The molecule has 0 saturated heterocycles. The zero-order valence-corrected chi connectivity index (χ0v) is 15.5. The molecule has 0 saturated carbocycles. The van der Waals surface area contributed by atoms with Crippen molar-refractivity contribution in [3.63, 3.8) is 0 Å². The third-order valence-electron chi connectivity index (χ3n) is 4.78. The lowest BCUT2D eigenvalue weighted by Gasteiger charge is -2.16. The van der Waals surface area contributed by atoms with E-state index in [4.69, 9.17) is 4.74 Å². The van der Waals surface area contributed by atoms with E-state index < -0.39 is 11.7 Å². The van der Waals surface area contributed by atoms with Crippen molar-refractivity contribution in [2.24, 2.45) is 0 Å². The lowest BCUT2D eigenvalue weighted by molar-refractivity contribution is -0.137. The standard InChI is InChI=1S/C21H18F3N3O2/c1-12-9-18(27-26-12)20(28)25-11-14-10-13-5-4-7-16(19(13)29-14)15-6-2-3-8-17(15)21(22,23)24/h2-9,14H,10-11H2,1H3,(H,25,28)(H,26,27)/t14-/m1/s1. The molecule has 0 spiro atoms. The maximum absolute atomic E-state index is 13.4. The van der Waals surface area contributed by atoms with E-state index in [1.54, 1.807) is 31.2 Å². The highest BCUT2D eigenvalue weighted by Crippen LogP contribution is 2.43. The minimum Gasteiger partial charge on any atom is -0.487 e. The number of hydrogen-bond acceptors (Lipinski definition) is 3. The number of nitrogens with one attached hydrogen (secondary N) is 2. The summed E-state index contributed by atoms with van der Waals surface area (Å²) in [5, 5.41) is 9.36. The van der Waals surface area contributed by atoms with Crippen molar-refractivity contribution in [2.75, 3.05) is 6.54 Å². The number of halogens is 3. The van der Waals surface area contributed by atoms with E-state index in [1.165, 1.54) is 12.1 Å². The Morgan fingerprint density at radius 2 is 1.97 bits per heavy atom. The molecule has 29 heavy (non-hydrogen) atoms. The third-order valence-corrected chi connectivity index (χ3v) is 4.78. The highest BCUT2D eigenvalue weighted by atomic mass is 19.4. The van der Waals surface area contributed by atoms with Crippen LogP contribution in [0.2, 0.25) is 0 Å². The van der Waals surface area contributed by atoms with E-state index >= 15 is 0 Å². The first kappa shape index (κ1) is 19.0. The Kier molecular flexibility index (Phi) is 4.77. The molecule has 1 amide bonds. The zero-order valence-electron chi connectivity index (χ0n) is 15.5. The molecule has 3 aromatic rings. The van der Waals surface area contributed by atoms with E-state index in [0.717, 1.165) is 17.3 Å². The van der Waals surface area contributed by atoms with Crippen LogP contribution in [-0.2, 0) is 12.6 Å². The summed E-state index contributed by atoms with van der Waals surface area (Å²) in [6.45, 7) is 2.01. The van der Waals surface area contributed by atoms with Crippen molar-refractivity contribution < 1.29 is 22.7 Å². The number of benzene rings is 2. The van der Waals surface area contributed by atoms with Crippen LogP contribution in [0.15, 0.2) is 48.5 Å². The monoisotopic (exact) mass is 401 g/mol. The fourth-order valence-corrected chi connectivity index (χ4v) is 3.46. The molecule has 0 radical (unpaired) electrons. The Morgan fingerprint density at radius 1 is 1.21 bits per heavy atom. The van der Waals surface area contributed by atoms with Gasteiger partial charge in [0, 0.05) is 17.7 Å². The molecule has 5 nitrogen and oxygen atoms in total. The van der Waals surface area contributed by atoms with Gasteiger partial charge in [-0.05, 0) is 30.2 Å². The van der Waals surface area contributed by atoms with Crippen molar-refractivity contribution >= 4 is 5.91 Å². The Labute approximate surface area is 164 Å². The SMILES string of the molecule is Cc1cc(C(=O)NC[C@H]2Cc3cccc(-c4ccccc4C(F)(F)F)c3O2)n[nH]1. The average Bonchev–Trinajstić information content (AvgIpc) is 3.31. The van der Waals surface area contributed by atoms with E-state index in [1.807, 2.05) is 6.07 Å². The summed E-state index contributed by atoms with van der Waals surface area (Å²) in [5.74, 6) is 0.0932. The van der Waals surface area contributed by atoms with Gasteiger partial charge in [-0.3, -0.25) is 9.89 Å². The predicted octanol–water partition coefficient (Wildman–Crippen LogP) is 4.14. The van der Waals surface area contributed by atoms with Gasteiger partial charge in [-0.25, -0.2) is 0 Å². The summed E-state index contributed by atoms with van der Waals surface area (Å²) in [5.41, 5.74) is 1.63. The number of para-hydroxylation sites is 1. The van der Waals surface area contributed by atoms with Gasteiger partial charge >= 0.3 is 6.18 Å². The van der Waals surface area contributed by atoms with Crippen LogP contribution >= 0.6 is 0 Å². The molecule has 150 valence electrons. The molecular weight excluding hydrogens is 383 g/mol. The number of aromatic amines is 1. The van der Waals surface area contributed by atoms with Crippen LogP contribution in [0.3, 0.4) is 0 Å². The number of hydrogen-bond donors (Lipinski definition) is 2. The molecule has 1 atom stereocenters. The van der Waals surface area contributed by atoms with Gasteiger partial charge < -0.3 is 10.1 Å². The normalized spacial score (nSPS) is 15.7. The zero-order chi connectivity index (χ0) is 20.6. The van der Waals surface area contributed by atoms with E-state index in [9.17, 15) is 18.0 Å². The first-order valence-electron chi connectivity index (χ1n) is 9.08. The lowest BCUT2D eigenvalue weighted by Crippen LogP contribution is -2.34. The summed E-state index contributed by atoms with van der Waals surface area (Å²) >= 11 is 0. The van der Waals surface area contributed by atoms with E-state index in [2.05, 4.69) is 15.5 Å². The molecule has 0 unspecified atom stereocenters. The molecule has 0 bridgehead atoms. The molecule has 4 rings (SSSR count). The Hall–Kier alpha value is -3.29. The largest absolute Gasteiger partial charge is 0.487 e. The number of amides is 1. The molecule has 2 aromatic carbocycles. The van der Waals surface area contributed by atoms with Gasteiger partial charge in [-0.15, -0.1) is 0 Å². The van der Waals surface area contributed by atoms with Gasteiger partial charge in [0.05, 0.1) is 12.1 Å². The number of carbonyl (C=O) groups excluding carboxylic acids is 1. The van der Waals surface area contributed by atoms with E-state index in [0.29, 0.717) is 17.7 Å². The number of aryl methyl sites for hydroxylation is 1. The highest BCUT2D eigenvalue weighted by Gasteiger charge is 2.35. The fourth-order valence-electron chi connectivity index (χ4n) is 3.46. The number of carbonyl (C=O) groups is 1. The Morgan fingerprint density at radius 3 is 2.69 bits per heavy atom. The van der Waals surface area contributed by atoms with Crippen LogP contribution in [0.5, 0.6) is 5.75 Å². The maximum Gasteiger partial charge on any atom is 0.417 e. The molecule has 0 fully saturated rings. The molecule has 0 aliphatic carbocycles.